The van der Waals surface area contributed by atoms with Gasteiger partial charge in [-0.1, -0.05) is 39.7 Å². The molecule has 0 aromatic heterocycles. The molecule has 112 valence electrons. The van der Waals surface area contributed by atoms with Crippen molar-refractivity contribution < 1.29 is 4.74 Å². The lowest BCUT2D eigenvalue weighted by Gasteiger charge is -2.24. The van der Waals surface area contributed by atoms with Crippen LogP contribution >= 0.6 is 15.9 Å². The number of nitrogens with one attached hydrogen (secondary N) is 1. The van der Waals surface area contributed by atoms with Gasteiger partial charge in [-0.3, -0.25) is 0 Å². The Bertz CT molecular complexity index is 652. The lowest BCUT2D eigenvalue weighted by Crippen LogP contribution is -2.20. The van der Waals surface area contributed by atoms with Crippen LogP contribution in [0.1, 0.15) is 33.9 Å². The van der Waals surface area contributed by atoms with E-state index in [0.717, 1.165) is 10.2 Å². The van der Waals surface area contributed by atoms with Crippen LogP contribution in [0, 0.1) is 20.8 Å². The normalized spacial score (nSPS) is 12.3. The van der Waals surface area contributed by atoms with Crippen LogP contribution in [-0.2, 0) is 0 Å². The molecule has 0 saturated heterocycles. The minimum absolute atomic E-state index is 0.0924. The molecule has 0 radical (unpaired) electrons. The van der Waals surface area contributed by atoms with E-state index < -0.39 is 0 Å². The van der Waals surface area contributed by atoms with Gasteiger partial charge in [0.05, 0.1) is 13.2 Å². The monoisotopic (exact) mass is 347 g/mol. The first-order chi connectivity index (χ1) is 9.97. The topological polar surface area (TPSA) is 21.3 Å². The Hall–Kier alpha value is -1.32. The second-order valence-electron chi connectivity index (χ2n) is 5.44. The minimum atomic E-state index is 0.0924. The number of rotatable bonds is 4. The molecule has 0 heterocycles. The van der Waals surface area contributed by atoms with Gasteiger partial charge in [0.25, 0.3) is 0 Å². The fourth-order valence-electron chi connectivity index (χ4n) is 2.82. The Morgan fingerprint density at radius 3 is 2.38 bits per heavy atom. The maximum Gasteiger partial charge on any atom is 0.124 e. The highest BCUT2D eigenvalue weighted by molar-refractivity contribution is 9.10. The summed E-state index contributed by atoms with van der Waals surface area (Å²) in [7, 11) is 3.72. The summed E-state index contributed by atoms with van der Waals surface area (Å²) in [6, 6.07) is 10.8. The van der Waals surface area contributed by atoms with Crippen LogP contribution in [0.2, 0.25) is 0 Å². The molecule has 0 aliphatic carbocycles. The molecule has 0 spiro atoms. The number of hydrogen-bond acceptors (Lipinski definition) is 2. The average Bonchev–Trinajstić information content (AvgIpc) is 2.44. The maximum absolute atomic E-state index is 5.63. The first-order valence-corrected chi connectivity index (χ1v) is 7.85. The quantitative estimate of drug-likeness (QED) is 0.865. The highest BCUT2D eigenvalue weighted by Crippen LogP contribution is 2.36. The van der Waals surface area contributed by atoms with E-state index in [4.69, 9.17) is 4.74 Å². The highest BCUT2D eigenvalue weighted by Gasteiger charge is 2.21. The van der Waals surface area contributed by atoms with Crippen LogP contribution < -0.4 is 10.1 Å². The summed E-state index contributed by atoms with van der Waals surface area (Å²) in [5, 5.41) is 3.43. The Morgan fingerprint density at radius 2 is 1.76 bits per heavy atom. The van der Waals surface area contributed by atoms with Gasteiger partial charge in [-0.25, -0.2) is 0 Å². The summed E-state index contributed by atoms with van der Waals surface area (Å²) in [5.74, 6) is 0.931. The fourth-order valence-corrected chi connectivity index (χ4v) is 3.29. The zero-order valence-electron chi connectivity index (χ0n) is 13.3. The number of halogens is 1. The van der Waals surface area contributed by atoms with E-state index in [1.54, 1.807) is 7.11 Å². The third kappa shape index (κ3) is 3.30. The maximum atomic E-state index is 5.63. The molecule has 2 aromatic rings. The van der Waals surface area contributed by atoms with Crippen molar-refractivity contribution in [3.63, 3.8) is 0 Å². The zero-order chi connectivity index (χ0) is 15.6. The standard InChI is InChI=1S/C18H22BrNO/c1-11-6-7-15(19)14(9-11)18(20-4)17-13(3)8-12(2)10-16(17)21-5/h6-10,18,20H,1-5H3. The van der Waals surface area contributed by atoms with Crippen LogP contribution in [0.15, 0.2) is 34.8 Å². The Kier molecular flexibility index (Phi) is 5.07. The predicted molar refractivity (Wildman–Crippen MR) is 92.2 cm³/mol. The molecule has 21 heavy (non-hydrogen) atoms. The van der Waals surface area contributed by atoms with Crippen molar-refractivity contribution in [2.75, 3.05) is 14.2 Å². The third-order valence-corrected chi connectivity index (χ3v) is 4.48. The van der Waals surface area contributed by atoms with Crippen LogP contribution in [-0.4, -0.2) is 14.2 Å². The Labute approximate surface area is 135 Å². The van der Waals surface area contributed by atoms with E-state index in [1.165, 1.54) is 27.8 Å². The molecule has 2 nitrogen and oxygen atoms in total. The number of aryl methyl sites for hydroxylation is 3. The van der Waals surface area contributed by atoms with Crippen molar-refractivity contribution in [2.45, 2.75) is 26.8 Å². The lowest BCUT2D eigenvalue weighted by atomic mass is 9.92. The summed E-state index contributed by atoms with van der Waals surface area (Å²) < 4.78 is 6.73. The van der Waals surface area contributed by atoms with E-state index in [2.05, 4.69) is 72.3 Å². The van der Waals surface area contributed by atoms with Crippen LogP contribution in [0.25, 0.3) is 0 Å². The number of methoxy groups -OCH3 is 1. The number of hydrogen-bond donors (Lipinski definition) is 1. The van der Waals surface area contributed by atoms with Gasteiger partial charge in [0, 0.05) is 10.0 Å². The predicted octanol–water partition coefficient (Wildman–Crippen LogP) is 4.69. The van der Waals surface area contributed by atoms with E-state index in [9.17, 15) is 0 Å². The zero-order valence-corrected chi connectivity index (χ0v) is 14.8. The largest absolute Gasteiger partial charge is 0.496 e. The van der Waals surface area contributed by atoms with Crippen LogP contribution in [0.5, 0.6) is 5.75 Å². The van der Waals surface area contributed by atoms with E-state index in [0.29, 0.717) is 0 Å². The van der Waals surface area contributed by atoms with Crippen molar-refractivity contribution >= 4 is 15.9 Å². The molecule has 0 aliphatic rings. The van der Waals surface area contributed by atoms with E-state index in [-0.39, 0.29) is 6.04 Å². The van der Waals surface area contributed by atoms with Crippen molar-refractivity contribution in [3.05, 3.63) is 62.6 Å². The van der Waals surface area contributed by atoms with Gasteiger partial charge in [-0.05, 0) is 56.6 Å². The van der Waals surface area contributed by atoms with Gasteiger partial charge >= 0.3 is 0 Å². The fraction of sp³-hybridized carbons (Fsp3) is 0.333. The molecule has 0 amide bonds. The Balaban J connectivity index is 2.64. The second kappa shape index (κ2) is 6.63. The third-order valence-electron chi connectivity index (χ3n) is 3.75. The van der Waals surface area contributed by atoms with Crippen molar-refractivity contribution in [1.29, 1.82) is 0 Å². The van der Waals surface area contributed by atoms with Crippen LogP contribution in [0.3, 0.4) is 0 Å². The van der Waals surface area contributed by atoms with Crippen molar-refractivity contribution in [2.24, 2.45) is 0 Å². The van der Waals surface area contributed by atoms with E-state index >= 15 is 0 Å². The van der Waals surface area contributed by atoms with Gasteiger partial charge in [0.2, 0.25) is 0 Å². The first kappa shape index (κ1) is 16.1. The van der Waals surface area contributed by atoms with Crippen molar-refractivity contribution in [3.8, 4) is 5.75 Å². The molecule has 1 atom stereocenters. The molecule has 0 saturated carbocycles. The smallest absolute Gasteiger partial charge is 0.124 e. The molecule has 0 aliphatic heterocycles. The SMILES string of the molecule is CNC(c1cc(C)ccc1Br)c1c(C)cc(C)cc1OC. The molecular formula is C18H22BrNO. The van der Waals surface area contributed by atoms with Crippen molar-refractivity contribution in [1.82, 2.24) is 5.32 Å². The molecule has 3 heteroatoms. The van der Waals surface area contributed by atoms with E-state index in [1.807, 2.05) is 7.05 Å². The minimum Gasteiger partial charge on any atom is -0.496 e. The van der Waals surface area contributed by atoms with Gasteiger partial charge in [0.1, 0.15) is 5.75 Å². The summed E-state index contributed by atoms with van der Waals surface area (Å²) in [6.45, 7) is 6.34. The molecule has 1 unspecified atom stereocenters. The summed E-state index contributed by atoms with van der Waals surface area (Å²) >= 11 is 3.67. The van der Waals surface area contributed by atoms with Gasteiger partial charge < -0.3 is 10.1 Å². The molecule has 2 rings (SSSR count). The van der Waals surface area contributed by atoms with Crippen LogP contribution in [0.4, 0.5) is 0 Å². The molecule has 0 fully saturated rings. The van der Waals surface area contributed by atoms with Gasteiger partial charge in [-0.2, -0.15) is 0 Å². The van der Waals surface area contributed by atoms with Gasteiger partial charge in [0.15, 0.2) is 0 Å². The average molecular weight is 348 g/mol. The molecule has 2 aromatic carbocycles. The number of ether oxygens (including phenoxy) is 1. The molecule has 1 N–H and O–H groups in total. The van der Waals surface area contributed by atoms with Gasteiger partial charge in [-0.15, -0.1) is 0 Å². The number of benzene rings is 2. The summed E-state index contributed by atoms with van der Waals surface area (Å²) in [5.41, 5.74) is 6.11. The second-order valence-corrected chi connectivity index (χ2v) is 6.30. The Morgan fingerprint density at radius 1 is 1.05 bits per heavy atom. The highest BCUT2D eigenvalue weighted by atomic mass is 79.9. The molecular weight excluding hydrogens is 326 g/mol. The molecule has 0 bridgehead atoms. The summed E-state index contributed by atoms with van der Waals surface area (Å²) in [4.78, 5) is 0. The lowest BCUT2D eigenvalue weighted by molar-refractivity contribution is 0.404. The summed E-state index contributed by atoms with van der Waals surface area (Å²) in [6.07, 6.45) is 0. The first-order valence-electron chi connectivity index (χ1n) is 7.06.